The van der Waals surface area contributed by atoms with Crippen LogP contribution in [-0.2, 0) is 4.79 Å². The quantitative estimate of drug-likeness (QED) is 0.322. The second-order valence-electron chi connectivity index (χ2n) is 4.13. The lowest BCUT2D eigenvalue weighted by Gasteiger charge is -2.13. The van der Waals surface area contributed by atoms with Crippen LogP contribution in [0.2, 0.25) is 0 Å². The molecule has 0 heterocycles. The van der Waals surface area contributed by atoms with Crippen LogP contribution in [0.25, 0.3) is 0 Å². The van der Waals surface area contributed by atoms with Crippen LogP contribution in [0.5, 0.6) is 5.75 Å². The minimum Gasteiger partial charge on any atom is -0.495 e. The van der Waals surface area contributed by atoms with E-state index in [2.05, 4.69) is 10.5 Å². The van der Waals surface area contributed by atoms with Crippen molar-refractivity contribution in [3.05, 3.63) is 23.8 Å². The van der Waals surface area contributed by atoms with Crippen LogP contribution in [-0.4, -0.2) is 24.1 Å². The molecule has 0 atom stereocenters. The summed E-state index contributed by atoms with van der Waals surface area (Å²) in [6.07, 6.45) is 1.81. The molecule has 1 aliphatic carbocycles. The van der Waals surface area contributed by atoms with Gasteiger partial charge >= 0.3 is 0 Å². The van der Waals surface area contributed by atoms with Crippen LogP contribution >= 0.6 is 0 Å². The number of hydrogen-bond donors (Lipinski definition) is 3. The number of methoxy groups -OCH3 is 1. The van der Waals surface area contributed by atoms with E-state index < -0.39 is 0 Å². The van der Waals surface area contributed by atoms with Gasteiger partial charge in [0.05, 0.1) is 12.8 Å². The molecule has 1 aliphatic rings. The predicted octanol–water partition coefficient (Wildman–Crippen LogP) is 1.14. The van der Waals surface area contributed by atoms with Crippen LogP contribution in [0.15, 0.2) is 23.4 Å². The highest BCUT2D eigenvalue weighted by Gasteiger charge is 2.30. The third kappa shape index (κ3) is 2.37. The minimum atomic E-state index is -0.0694. The van der Waals surface area contributed by atoms with Gasteiger partial charge in [0.25, 0.3) is 0 Å². The van der Waals surface area contributed by atoms with E-state index in [0.717, 1.165) is 12.8 Å². The van der Waals surface area contributed by atoms with E-state index >= 15 is 0 Å². The van der Waals surface area contributed by atoms with Crippen molar-refractivity contribution < 1.29 is 14.7 Å². The third-order valence-electron chi connectivity index (χ3n) is 2.83. The summed E-state index contributed by atoms with van der Waals surface area (Å²) in [4.78, 5) is 11.8. The fraction of sp³-hybridized carbons (Fsp3) is 0.333. The maximum atomic E-state index is 11.8. The largest absolute Gasteiger partial charge is 0.495 e. The Labute approximate surface area is 104 Å². The highest BCUT2D eigenvalue weighted by atomic mass is 16.5. The molecule has 0 spiro atoms. The van der Waals surface area contributed by atoms with Crippen molar-refractivity contribution in [2.45, 2.75) is 12.8 Å². The Morgan fingerprint density at radius 1 is 1.56 bits per heavy atom. The monoisotopic (exact) mass is 249 g/mol. The number of carbonyl (C=O) groups is 1. The van der Waals surface area contributed by atoms with Gasteiger partial charge in [-0.15, -0.1) is 0 Å². The normalized spacial score (nSPS) is 15.3. The first-order valence-electron chi connectivity index (χ1n) is 5.63. The molecule has 1 fully saturated rings. The first-order valence-corrected chi connectivity index (χ1v) is 5.63. The van der Waals surface area contributed by atoms with Gasteiger partial charge in [0.1, 0.15) is 5.75 Å². The van der Waals surface area contributed by atoms with Gasteiger partial charge < -0.3 is 21.0 Å². The lowest BCUT2D eigenvalue weighted by Crippen LogP contribution is -2.20. The van der Waals surface area contributed by atoms with Gasteiger partial charge in [0.15, 0.2) is 5.84 Å². The Balaban J connectivity index is 2.36. The zero-order valence-corrected chi connectivity index (χ0v) is 10.0. The van der Waals surface area contributed by atoms with Crippen LogP contribution in [0, 0.1) is 5.92 Å². The van der Waals surface area contributed by atoms with Gasteiger partial charge in [-0.2, -0.15) is 0 Å². The van der Waals surface area contributed by atoms with Gasteiger partial charge in [0, 0.05) is 11.5 Å². The Bertz CT molecular complexity index is 495. The summed E-state index contributed by atoms with van der Waals surface area (Å²) in [6, 6.07) is 5.07. The number of nitrogens with two attached hydrogens (primary N) is 1. The van der Waals surface area contributed by atoms with Crippen LogP contribution < -0.4 is 15.8 Å². The van der Waals surface area contributed by atoms with Crippen molar-refractivity contribution in [2.75, 3.05) is 12.4 Å². The number of oxime groups is 1. The molecule has 4 N–H and O–H groups in total. The molecule has 18 heavy (non-hydrogen) atoms. The Morgan fingerprint density at radius 2 is 2.28 bits per heavy atom. The molecule has 6 heteroatoms. The summed E-state index contributed by atoms with van der Waals surface area (Å²) < 4.78 is 5.17. The third-order valence-corrected chi connectivity index (χ3v) is 2.83. The van der Waals surface area contributed by atoms with E-state index in [0.29, 0.717) is 17.0 Å². The number of hydrogen-bond acceptors (Lipinski definition) is 4. The van der Waals surface area contributed by atoms with Crippen LogP contribution in [0.4, 0.5) is 5.69 Å². The summed E-state index contributed by atoms with van der Waals surface area (Å²) in [5.41, 5.74) is 6.45. The molecule has 1 amide bonds. The van der Waals surface area contributed by atoms with Crippen molar-refractivity contribution >= 4 is 17.4 Å². The van der Waals surface area contributed by atoms with Gasteiger partial charge in [0.2, 0.25) is 5.91 Å². The number of benzene rings is 1. The number of amidine groups is 1. The molecule has 2 rings (SSSR count). The van der Waals surface area contributed by atoms with E-state index in [-0.39, 0.29) is 17.7 Å². The van der Waals surface area contributed by atoms with E-state index in [1.54, 1.807) is 18.2 Å². The Morgan fingerprint density at radius 3 is 2.83 bits per heavy atom. The number of para-hydroxylation sites is 1. The lowest BCUT2D eigenvalue weighted by molar-refractivity contribution is -0.117. The summed E-state index contributed by atoms with van der Waals surface area (Å²) >= 11 is 0. The molecule has 6 nitrogen and oxygen atoms in total. The summed E-state index contributed by atoms with van der Waals surface area (Å²) in [7, 11) is 1.50. The first-order chi connectivity index (χ1) is 8.67. The number of nitrogens with one attached hydrogen (secondary N) is 1. The van der Waals surface area contributed by atoms with Gasteiger partial charge in [-0.1, -0.05) is 11.2 Å². The molecule has 96 valence electrons. The second-order valence-corrected chi connectivity index (χ2v) is 4.13. The maximum Gasteiger partial charge on any atom is 0.227 e. The standard InChI is InChI=1S/C12H15N3O3/c1-18-9-4-2-3-8(11(13)15-17)10(9)14-12(16)7-5-6-7/h2-4,7,17H,5-6H2,1H3,(H2,13,15)(H,14,16). The first kappa shape index (κ1) is 12.2. The van der Waals surface area contributed by atoms with E-state index in [9.17, 15) is 4.79 Å². The van der Waals surface area contributed by atoms with Crippen molar-refractivity contribution in [1.29, 1.82) is 0 Å². The average Bonchev–Trinajstić information content (AvgIpc) is 3.22. The maximum absolute atomic E-state index is 11.8. The highest BCUT2D eigenvalue weighted by Crippen LogP contribution is 2.33. The predicted molar refractivity (Wildman–Crippen MR) is 66.9 cm³/mol. The molecule has 1 saturated carbocycles. The Kier molecular flexibility index (Phi) is 3.36. The molecule has 0 unspecified atom stereocenters. The lowest BCUT2D eigenvalue weighted by atomic mass is 10.1. The van der Waals surface area contributed by atoms with Gasteiger partial charge in [-0.25, -0.2) is 0 Å². The topological polar surface area (TPSA) is 96.9 Å². The highest BCUT2D eigenvalue weighted by molar-refractivity contribution is 6.07. The number of nitrogens with zero attached hydrogens (tertiary/aromatic N) is 1. The summed E-state index contributed by atoms with van der Waals surface area (Å²) in [6.45, 7) is 0. The average molecular weight is 249 g/mol. The second kappa shape index (κ2) is 4.95. The SMILES string of the molecule is COc1cccc(/C(N)=N/O)c1NC(=O)C1CC1. The zero-order chi connectivity index (χ0) is 13.1. The van der Waals surface area contributed by atoms with Crippen molar-refractivity contribution in [3.63, 3.8) is 0 Å². The number of anilines is 1. The van der Waals surface area contributed by atoms with Crippen molar-refractivity contribution in [1.82, 2.24) is 0 Å². The molecule has 0 aliphatic heterocycles. The van der Waals surface area contributed by atoms with Crippen molar-refractivity contribution in [3.8, 4) is 5.75 Å². The molecule has 0 saturated heterocycles. The zero-order valence-electron chi connectivity index (χ0n) is 10.0. The number of carbonyl (C=O) groups excluding carboxylic acids is 1. The van der Waals surface area contributed by atoms with Crippen molar-refractivity contribution in [2.24, 2.45) is 16.8 Å². The Hall–Kier alpha value is -2.24. The number of ether oxygens (including phenoxy) is 1. The molecular weight excluding hydrogens is 234 g/mol. The van der Waals surface area contributed by atoms with E-state index in [1.165, 1.54) is 7.11 Å². The molecule has 0 aromatic heterocycles. The molecular formula is C12H15N3O3. The van der Waals surface area contributed by atoms with E-state index in [1.807, 2.05) is 0 Å². The fourth-order valence-electron chi connectivity index (χ4n) is 1.67. The van der Waals surface area contributed by atoms with Crippen LogP contribution in [0.1, 0.15) is 18.4 Å². The molecule has 0 bridgehead atoms. The van der Waals surface area contributed by atoms with Gasteiger partial charge in [-0.3, -0.25) is 4.79 Å². The molecule has 1 aromatic rings. The van der Waals surface area contributed by atoms with Gasteiger partial charge in [-0.05, 0) is 25.0 Å². The fourth-order valence-corrected chi connectivity index (χ4v) is 1.67. The minimum absolute atomic E-state index is 0.0634. The summed E-state index contributed by atoms with van der Waals surface area (Å²) in [5, 5.41) is 14.5. The van der Waals surface area contributed by atoms with E-state index in [4.69, 9.17) is 15.7 Å². The molecule has 1 aromatic carbocycles. The molecule has 0 radical (unpaired) electrons. The van der Waals surface area contributed by atoms with Crippen LogP contribution in [0.3, 0.4) is 0 Å². The number of amides is 1. The number of rotatable bonds is 4. The summed E-state index contributed by atoms with van der Waals surface area (Å²) in [5.74, 6) is 0.412. The smallest absolute Gasteiger partial charge is 0.227 e.